The van der Waals surface area contributed by atoms with Gasteiger partial charge in [0.15, 0.2) is 11.6 Å². The molecule has 0 radical (unpaired) electrons. The van der Waals surface area contributed by atoms with Crippen molar-refractivity contribution in [2.24, 2.45) is 5.11 Å². The SMILES string of the molecule is CCOC(=O)c1cnc(N(C)Cc2cc3nc(-c4ccc(OCCN=[N+]=[N-])nc4)nc(N4CCOCC4)c3s2)nc1. The van der Waals surface area contributed by atoms with E-state index in [0.717, 1.165) is 39.6 Å². The Labute approximate surface area is 239 Å². The highest BCUT2D eigenvalue weighted by Crippen LogP contribution is 2.35. The van der Waals surface area contributed by atoms with Crippen molar-refractivity contribution in [1.82, 2.24) is 24.9 Å². The Morgan fingerprint density at radius 1 is 1.20 bits per heavy atom. The number of anilines is 2. The normalized spacial score (nSPS) is 13.1. The first kappa shape index (κ1) is 28.0. The fourth-order valence-electron chi connectivity index (χ4n) is 4.14. The van der Waals surface area contributed by atoms with Crippen LogP contribution in [0.5, 0.6) is 5.88 Å². The lowest BCUT2D eigenvalue weighted by molar-refractivity contribution is 0.0525. The molecule has 1 saturated heterocycles. The van der Waals surface area contributed by atoms with Gasteiger partial charge in [-0.1, -0.05) is 5.11 Å². The molecule has 5 rings (SSSR count). The number of thiophene rings is 1. The number of hydrogen-bond acceptors (Lipinski definition) is 13. The molecule has 0 bridgehead atoms. The maximum absolute atomic E-state index is 11.9. The van der Waals surface area contributed by atoms with Crippen LogP contribution in [-0.4, -0.2) is 84.0 Å². The molecule has 0 N–H and O–H groups in total. The lowest BCUT2D eigenvalue weighted by Gasteiger charge is -2.28. The predicted octanol–water partition coefficient (Wildman–Crippen LogP) is 3.88. The quantitative estimate of drug-likeness (QED) is 0.0836. The van der Waals surface area contributed by atoms with Crippen LogP contribution < -0.4 is 14.5 Å². The molecular formula is C26H28N10O4S. The van der Waals surface area contributed by atoms with Gasteiger partial charge < -0.3 is 24.0 Å². The number of pyridine rings is 1. The summed E-state index contributed by atoms with van der Waals surface area (Å²) in [5, 5.41) is 3.46. The van der Waals surface area contributed by atoms with Gasteiger partial charge in [0.25, 0.3) is 0 Å². The summed E-state index contributed by atoms with van der Waals surface area (Å²) in [5.74, 6) is 1.89. The molecule has 1 aliphatic rings. The van der Waals surface area contributed by atoms with Crippen LogP contribution in [0.3, 0.4) is 0 Å². The summed E-state index contributed by atoms with van der Waals surface area (Å²) < 4.78 is 17.1. The standard InChI is InChI=1S/C26H28N10O4S/c1-3-39-25(37)18-14-29-26(30-15-18)35(2)16-19-12-20-22(41-19)24(36-7-10-38-11-8-36)33-23(32-20)17-4-5-21(28-13-17)40-9-6-31-34-27/h4-5,12-15H,3,6-11,16H2,1-2H3. The van der Waals surface area contributed by atoms with Crippen molar-refractivity contribution in [2.45, 2.75) is 13.5 Å². The van der Waals surface area contributed by atoms with E-state index in [0.29, 0.717) is 49.6 Å². The van der Waals surface area contributed by atoms with Crippen LogP contribution in [-0.2, 0) is 16.0 Å². The number of fused-ring (bicyclic) bond motifs is 1. The van der Waals surface area contributed by atoms with E-state index >= 15 is 0 Å². The number of ether oxygens (including phenoxy) is 3. The molecule has 15 heteroatoms. The van der Waals surface area contributed by atoms with Crippen LogP contribution in [0.4, 0.5) is 11.8 Å². The van der Waals surface area contributed by atoms with Crippen molar-refractivity contribution < 1.29 is 19.0 Å². The Balaban J connectivity index is 1.40. The second kappa shape index (κ2) is 13.2. The number of carbonyl (C=O) groups is 1. The number of hydrogen-bond donors (Lipinski definition) is 0. The second-order valence-electron chi connectivity index (χ2n) is 8.93. The van der Waals surface area contributed by atoms with E-state index in [-0.39, 0.29) is 13.2 Å². The second-order valence-corrected chi connectivity index (χ2v) is 10.1. The zero-order valence-corrected chi connectivity index (χ0v) is 23.5. The van der Waals surface area contributed by atoms with Crippen LogP contribution >= 0.6 is 11.3 Å². The molecule has 1 aliphatic heterocycles. The van der Waals surface area contributed by atoms with Crippen molar-refractivity contribution >= 4 is 39.3 Å². The van der Waals surface area contributed by atoms with Crippen molar-refractivity contribution in [1.29, 1.82) is 0 Å². The summed E-state index contributed by atoms with van der Waals surface area (Å²) in [5.41, 5.74) is 10.3. The third-order valence-electron chi connectivity index (χ3n) is 6.10. The van der Waals surface area contributed by atoms with Gasteiger partial charge in [0, 0.05) is 60.1 Å². The predicted molar refractivity (Wildman–Crippen MR) is 153 cm³/mol. The van der Waals surface area contributed by atoms with E-state index in [2.05, 4.69) is 35.9 Å². The van der Waals surface area contributed by atoms with Crippen molar-refractivity contribution in [3.8, 4) is 17.3 Å². The third-order valence-corrected chi connectivity index (χ3v) is 7.20. The van der Waals surface area contributed by atoms with Crippen LogP contribution in [0.15, 0.2) is 41.9 Å². The molecule has 0 aliphatic carbocycles. The molecule has 1 fully saturated rings. The molecule has 5 heterocycles. The van der Waals surface area contributed by atoms with E-state index < -0.39 is 5.97 Å². The van der Waals surface area contributed by atoms with Crippen LogP contribution in [0.2, 0.25) is 0 Å². The first-order chi connectivity index (χ1) is 20.1. The van der Waals surface area contributed by atoms with Gasteiger partial charge in [0.1, 0.15) is 0 Å². The fourth-order valence-corrected chi connectivity index (χ4v) is 5.30. The summed E-state index contributed by atoms with van der Waals surface area (Å²) in [6.07, 6.45) is 4.62. The van der Waals surface area contributed by atoms with Gasteiger partial charge in [-0.15, -0.1) is 11.3 Å². The van der Waals surface area contributed by atoms with Gasteiger partial charge in [0.05, 0.1) is 55.3 Å². The zero-order valence-electron chi connectivity index (χ0n) is 22.6. The lowest BCUT2D eigenvalue weighted by atomic mass is 10.2. The first-order valence-corrected chi connectivity index (χ1v) is 13.8. The lowest BCUT2D eigenvalue weighted by Crippen LogP contribution is -2.36. The average molecular weight is 577 g/mol. The van der Waals surface area contributed by atoms with Crippen molar-refractivity contribution in [2.75, 3.05) is 62.9 Å². The number of nitrogens with zero attached hydrogens (tertiary/aromatic N) is 10. The third kappa shape index (κ3) is 6.77. The molecule has 4 aromatic rings. The molecule has 4 aromatic heterocycles. The number of morpholine rings is 1. The number of esters is 1. The van der Waals surface area contributed by atoms with E-state index in [1.54, 1.807) is 30.5 Å². The highest BCUT2D eigenvalue weighted by atomic mass is 32.1. The van der Waals surface area contributed by atoms with Gasteiger partial charge in [-0.2, -0.15) is 0 Å². The molecule has 14 nitrogen and oxygen atoms in total. The van der Waals surface area contributed by atoms with Crippen molar-refractivity contribution in [3.63, 3.8) is 0 Å². The molecule has 0 aromatic carbocycles. The molecular weight excluding hydrogens is 548 g/mol. The summed E-state index contributed by atoms with van der Waals surface area (Å²) in [4.78, 5) is 42.7. The van der Waals surface area contributed by atoms with E-state index in [4.69, 9.17) is 29.7 Å². The van der Waals surface area contributed by atoms with Crippen molar-refractivity contribution in [3.05, 3.63) is 57.7 Å². The Morgan fingerprint density at radius 2 is 2.00 bits per heavy atom. The van der Waals surface area contributed by atoms with E-state index in [1.165, 1.54) is 12.4 Å². The summed E-state index contributed by atoms with van der Waals surface area (Å²) in [6.45, 7) is 5.78. The number of carbonyl (C=O) groups excluding carboxylic acids is 1. The fraction of sp³-hybridized carbons (Fsp3) is 0.385. The monoisotopic (exact) mass is 576 g/mol. The number of rotatable bonds is 11. The summed E-state index contributed by atoms with van der Waals surface area (Å²) >= 11 is 1.63. The van der Waals surface area contributed by atoms with Gasteiger partial charge in [-0.05, 0) is 24.6 Å². The molecule has 212 valence electrons. The Kier molecular flexibility index (Phi) is 8.98. The summed E-state index contributed by atoms with van der Waals surface area (Å²) in [6, 6.07) is 5.66. The number of aromatic nitrogens is 5. The van der Waals surface area contributed by atoms with Gasteiger partial charge >= 0.3 is 5.97 Å². The highest BCUT2D eigenvalue weighted by molar-refractivity contribution is 7.19. The Morgan fingerprint density at radius 3 is 2.71 bits per heavy atom. The smallest absolute Gasteiger partial charge is 0.341 e. The summed E-state index contributed by atoms with van der Waals surface area (Å²) in [7, 11) is 1.89. The van der Waals surface area contributed by atoms with Gasteiger partial charge in [-0.3, -0.25) is 0 Å². The zero-order chi connectivity index (χ0) is 28.6. The Bertz CT molecular complexity index is 1530. The van der Waals surface area contributed by atoms with Crippen LogP contribution in [0.25, 0.3) is 32.0 Å². The largest absolute Gasteiger partial charge is 0.478 e. The molecule has 0 spiro atoms. The molecule has 0 unspecified atom stereocenters. The van der Waals surface area contributed by atoms with Crippen LogP contribution in [0, 0.1) is 0 Å². The molecule has 0 amide bonds. The minimum Gasteiger partial charge on any atom is -0.478 e. The molecule has 0 atom stereocenters. The maximum atomic E-state index is 11.9. The van der Waals surface area contributed by atoms with Crippen LogP contribution in [0.1, 0.15) is 22.2 Å². The Hall–Kier alpha value is -4.59. The minimum absolute atomic E-state index is 0.226. The molecule has 0 saturated carbocycles. The minimum atomic E-state index is -0.445. The topological polar surface area (TPSA) is 164 Å². The first-order valence-electron chi connectivity index (χ1n) is 13.0. The molecule has 41 heavy (non-hydrogen) atoms. The van der Waals surface area contributed by atoms with Gasteiger partial charge in [0.2, 0.25) is 11.8 Å². The highest BCUT2D eigenvalue weighted by Gasteiger charge is 2.21. The number of azide groups is 1. The van der Waals surface area contributed by atoms with E-state index in [1.807, 2.05) is 18.0 Å². The maximum Gasteiger partial charge on any atom is 0.341 e. The van der Waals surface area contributed by atoms with E-state index in [9.17, 15) is 4.79 Å². The van der Waals surface area contributed by atoms with Gasteiger partial charge in [-0.25, -0.2) is 29.7 Å². The average Bonchev–Trinajstić information content (AvgIpc) is 3.42.